The molecule has 1 aromatic heterocycles. The van der Waals surface area contributed by atoms with E-state index in [1.165, 1.54) is 20.2 Å². The molecular weight excluding hydrogens is 188 g/mol. The normalized spacial score (nSPS) is 12.0. The van der Waals surface area contributed by atoms with E-state index in [0.29, 0.717) is 5.69 Å². The Morgan fingerprint density at radius 1 is 1.31 bits per heavy atom. The second-order valence-corrected chi connectivity index (χ2v) is 5.00. The molecule has 0 amide bonds. The van der Waals surface area contributed by atoms with Gasteiger partial charge in [0.2, 0.25) is 0 Å². The molecule has 13 heavy (non-hydrogen) atoms. The quantitative estimate of drug-likeness (QED) is 0.704. The monoisotopic (exact) mass is 200 g/mol. The average Bonchev–Trinajstić information content (AvgIpc) is 2.04. The predicted molar refractivity (Wildman–Crippen MR) is 49.8 cm³/mol. The third-order valence-electron chi connectivity index (χ3n) is 1.61. The van der Waals surface area contributed by atoms with Crippen LogP contribution in [0.3, 0.4) is 0 Å². The average molecular weight is 200 g/mol. The Labute approximate surface area is 78.3 Å². The van der Waals surface area contributed by atoms with E-state index in [0.717, 1.165) is 4.31 Å². The van der Waals surface area contributed by atoms with Crippen molar-refractivity contribution < 1.29 is 8.42 Å². The number of rotatable bonds is 2. The first-order valence-electron chi connectivity index (χ1n) is 3.81. The van der Waals surface area contributed by atoms with Crippen LogP contribution in [0.15, 0.2) is 23.2 Å². The Bertz CT molecular complexity index is 398. The van der Waals surface area contributed by atoms with Crippen molar-refractivity contribution in [2.24, 2.45) is 0 Å². The number of hydrogen-bond donors (Lipinski definition) is 0. The van der Waals surface area contributed by atoms with Gasteiger partial charge < -0.3 is 0 Å². The first kappa shape index (κ1) is 10.1. The standard InChI is InChI=1S/C8H12N2O2S/c1-7-5-4-6-8(9-7)13(11,12)10(2)3/h4-6H,1-3H3. The largest absolute Gasteiger partial charge is 0.260 e. The number of aryl methyl sites for hydroxylation is 1. The van der Waals surface area contributed by atoms with Gasteiger partial charge in [-0.3, -0.25) is 0 Å². The van der Waals surface area contributed by atoms with E-state index < -0.39 is 10.0 Å². The molecule has 0 unspecified atom stereocenters. The van der Waals surface area contributed by atoms with Gasteiger partial charge in [0, 0.05) is 19.8 Å². The molecule has 0 aliphatic heterocycles. The molecule has 0 aliphatic carbocycles. The van der Waals surface area contributed by atoms with Crippen LogP contribution in [0.25, 0.3) is 0 Å². The van der Waals surface area contributed by atoms with Crippen molar-refractivity contribution in [3.63, 3.8) is 0 Å². The lowest BCUT2D eigenvalue weighted by molar-refractivity contribution is 0.516. The number of pyridine rings is 1. The van der Waals surface area contributed by atoms with Gasteiger partial charge in [-0.25, -0.2) is 17.7 Å². The summed E-state index contributed by atoms with van der Waals surface area (Å²) in [5.74, 6) is 0. The van der Waals surface area contributed by atoms with Crippen molar-refractivity contribution in [1.82, 2.24) is 9.29 Å². The van der Waals surface area contributed by atoms with Gasteiger partial charge in [0.25, 0.3) is 10.0 Å². The maximum absolute atomic E-state index is 11.5. The zero-order valence-electron chi connectivity index (χ0n) is 7.85. The highest BCUT2D eigenvalue weighted by molar-refractivity contribution is 7.89. The molecule has 1 aromatic rings. The molecule has 0 saturated carbocycles. The fourth-order valence-corrected chi connectivity index (χ4v) is 1.73. The van der Waals surface area contributed by atoms with Gasteiger partial charge in [0.05, 0.1) is 0 Å². The second-order valence-electron chi connectivity index (χ2n) is 2.90. The van der Waals surface area contributed by atoms with Gasteiger partial charge in [0.15, 0.2) is 5.03 Å². The number of aromatic nitrogens is 1. The molecule has 72 valence electrons. The van der Waals surface area contributed by atoms with Crippen molar-refractivity contribution in [3.05, 3.63) is 23.9 Å². The van der Waals surface area contributed by atoms with Gasteiger partial charge in [-0.2, -0.15) is 0 Å². The summed E-state index contributed by atoms with van der Waals surface area (Å²) in [4.78, 5) is 3.94. The molecule has 0 spiro atoms. The van der Waals surface area contributed by atoms with E-state index in [-0.39, 0.29) is 5.03 Å². The maximum Gasteiger partial charge on any atom is 0.260 e. The van der Waals surface area contributed by atoms with Crippen molar-refractivity contribution >= 4 is 10.0 Å². The Kier molecular flexibility index (Phi) is 2.68. The summed E-state index contributed by atoms with van der Waals surface area (Å²) in [5.41, 5.74) is 0.697. The zero-order valence-corrected chi connectivity index (χ0v) is 8.67. The molecule has 5 heteroatoms. The Morgan fingerprint density at radius 3 is 2.38 bits per heavy atom. The molecular formula is C8H12N2O2S. The summed E-state index contributed by atoms with van der Waals surface area (Å²) in [5, 5.41) is 0.0949. The highest BCUT2D eigenvalue weighted by Crippen LogP contribution is 2.09. The number of nitrogens with zero attached hydrogens (tertiary/aromatic N) is 2. The van der Waals surface area contributed by atoms with Crippen LogP contribution in [-0.2, 0) is 10.0 Å². The molecule has 0 bridgehead atoms. The van der Waals surface area contributed by atoms with Gasteiger partial charge >= 0.3 is 0 Å². The fourth-order valence-electron chi connectivity index (χ4n) is 0.849. The minimum Gasteiger partial charge on any atom is -0.240 e. The highest BCUT2D eigenvalue weighted by atomic mass is 32.2. The van der Waals surface area contributed by atoms with Crippen LogP contribution < -0.4 is 0 Å². The van der Waals surface area contributed by atoms with Crippen LogP contribution in [0.2, 0.25) is 0 Å². The molecule has 0 atom stereocenters. The summed E-state index contributed by atoms with van der Waals surface area (Å²) >= 11 is 0. The zero-order chi connectivity index (χ0) is 10.1. The number of sulfonamides is 1. The Hall–Kier alpha value is -0.940. The topological polar surface area (TPSA) is 50.3 Å². The van der Waals surface area contributed by atoms with E-state index in [9.17, 15) is 8.42 Å². The van der Waals surface area contributed by atoms with Gasteiger partial charge in [-0.1, -0.05) is 6.07 Å². The van der Waals surface area contributed by atoms with Crippen LogP contribution in [0.4, 0.5) is 0 Å². The summed E-state index contributed by atoms with van der Waals surface area (Å²) in [7, 11) is -0.406. The van der Waals surface area contributed by atoms with E-state index in [1.54, 1.807) is 19.1 Å². The highest BCUT2D eigenvalue weighted by Gasteiger charge is 2.17. The summed E-state index contributed by atoms with van der Waals surface area (Å²) in [6.45, 7) is 1.76. The van der Waals surface area contributed by atoms with Crippen LogP contribution in [0.5, 0.6) is 0 Å². The van der Waals surface area contributed by atoms with Crippen LogP contribution >= 0.6 is 0 Å². The fraction of sp³-hybridized carbons (Fsp3) is 0.375. The van der Waals surface area contributed by atoms with Crippen LogP contribution in [0, 0.1) is 6.92 Å². The minimum atomic E-state index is -3.38. The molecule has 0 fully saturated rings. The van der Waals surface area contributed by atoms with Crippen molar-refractivity contribution in [2.45, 2.75) is 11.9 Å². The van der Waals surface area contributed by atoms with E-state index in [2.05, 4.69) is 4.98 Å². The lowest BCUT2D eigenvalue weighted by atomic mass is 10.4. The van der Waals surface area contributed by atoms with Crippen molar-refractivity contribution in [3.8, 4) is 0 Å². The molecule has 4 nitrogen and oxygen atoms in total. The summed E-state index contributed by atoms with van der Waals surface area (Å²) in [6, 6.07) is 4.93. The summed E-state index contributed by atoms with van der Waals surface area (Å²) < 4.78 is 24.2. The second kappa shape index (κ2) is 3.43. The summed E-state index contributed by atoms with van der Waals surface area (Å²) in [6.07, 6.45) is 0. The molecule has 0 N–H and O–H groups in total. The smallest absolute Gasteiger partial charge is 0.240 e. The first-order valence-corrected chi connectivity index (χ1v) is 5.25. The Morgan fingerprint density at radius 2 is 1.92 bits per heavy atom. The number of hydrogen-bond acceptors (Lipinski definition) is 3. The Balaban J connectivity index is 3.24. The predicted octanol–water partition coefficient (Wildman–Crippen LogP) is 0.640. The molecule has 0 saturated heterocycles. The van der Waals surface area contributed by atoms with E-state index >= 15 is 0 Å². The van der Waals surface area contributed by atoms with Crippen molar-refractivity contribution in [1.29, 1.82) is 0 Å². The van der Waals surface area contributed by atoms with Crippen molar-refractivity contribution in [2.75, 3.05) is 14.1 Å². The third kappa shape index (κ3) is 2.05. The van der Waals surface area contributed by atoms with Gasteiger partial charge in [-0.05, 0) is 19.1 Å². The molecule has 0 aliphatic rings. The minimum absolute atomic E-state index is 0.0949. The van der Waals surface area contributed by atoms with Crippen LogP contribution in [-0.4, -0.2) is 31.8 Å². The molecule has 0 aromatic carbocycles. The SMILES string of the molecule is Cc1cccc(S(=O)(=O)N(C)C)n1. The van der Waals surface area contributed by atoms with Gasteiger partial charge in [0.1, 0.15) is 0 Å². The molecule has 0 radical (unpaired) electrons. The molecule has 1 rings (SSSR count). The van der Waals surface area contributed by atoms with E-state index in [4.69, 9.17) is 0 Å². The molecule has 1 heterocycles. The third-order valence-corrected chi connectivity index (χ3v) is 3.33. The lowest BCUT2D eigenvalue weighted by Gasteiger charge is -2.10. The van der Waals surface area contributed by atoms with E-state index in [1.807, 2.05) is 0 Å². The maximum atomic E-state index is 11.5. The van der Waals surface area contributed by atoms with Crippen LogP contribution in [0.1, 0.15) is 5.69 Å². The lowest BCUT2D eigenvalue weighted by Crippen LogP contribution is -2.23. The first-order chi connectivity index (χ1) is 5.94. The van der Waals surface area contributed by atoms with Gasteiger partial charge in [-0.15, -0.1) is 0 Å².